The van der Waals surface area contributed by atoms with E-state index in [0.717, 1.165) is 6.42 Å². The van der Waals surface area contributed by atoms with Crippen molar-refractivity contribution in [1.82, 2.24) is 9.37 Å². The zero-order chi connectivity index (χ0) is 18.2. The summed E-state index contributed by atoms with van der Waals surface area (Å²) < 4.78 is 26.7. The molecule has 1 rings (SSSR count). The van der Waals surface area contributed by atoms with Crippen LogP contribution in [0.25, 0.3) is 0 Å². The van der Waals surface area contributed by atoms with Gasteiger partial charge in [-0.3, -0.25) is 14.8 Å². The van der Waals surface area contributed by atoms with Gasteiger partial charge in [0.05, 0.1) is 11.4 Å². The second-order valence-corrected chi connectivity index (χ2v) is 7.17. The maximum absolute atomic E-state index is 12.7. The number of amides is 2. The minimum atomic E-state index is -3.76. The van der Waals surface area contributed by atoms with Crippen LogP contribution in [0.3, 0.4) is 0 Å². The van der Waals surface area contributed by atoms with Crippen molar-refractivity contribution in [2.45, 2.75) is 31.6 Å². The highest BCUT2D eigenvalue weighted by Gasteiger charge is 2.24. The van der Waals surface area contributed by atoms with Gasteiger partial charge >= 0.3 is 0 Å². The third-order valence-corrected chi connectivity index (χ3v) is 5.19. The van der Waals surface area contributed by atoms with E-state index in [2.05, 4.69) is 5.32 Å². The van der Waals surface area contributed by atoms with Gasteiger partial charge in [0, 0.05) is 25.7 Å². The molecule has 0 bridgehead atoms. The quantitative estimate of drug-likeness (QED) is 0.373. The van der Waals surface area contributed by atoms with Gasteiger partial charge in [-0.2, -0.15) is 4.31 Å². The zero-order valence-electron chi connectivity index (χ0n) is 13.8. The Bertz CT molecular complexity index is 646. The number of rotatable bonds is 10. The number of hydrogen-bond donors (Lipinski definition) is 2. The molecule has 0 saturated carbocycles. The van der Waals surface area contributed by atoms with E-state index in [9.17, 15) is 23.2 Å². The van der Waals surface area contributed by atoms with E-state index in [1.54, 1.807) is 0 Å². The van der Waals surface area contributed by atoms with Gasteiger partial charge in [-0.15, -0.1) is 0 Å². The molecular weight excluding hydrogens is 334 g/mol. The van der Waals surface area contributed by atoms with Crippen molar-refractivity contribution in [2.75, 3.05) is 25.0 Å². The van der Waals surface area contributed by atoms with Crippen LogP contribution in [0.4, 0.5) is 5.69 Å². The van der Waals surface area contributed by atoms with Crippen molar-refractivity contribution in [3.05, 3.63) is 24.3 Å². The van der Waals surface area contributed by atoms with Gasteiger partial charge in [0.2, 0.25) is 22.3 Å². The number of unbranched alkanes of at least 4 members (excludes halogenated alkanes) is 1. The Hall–Kier alpha value is -1.97. The first kappa shape index (κ1) is 20.1. The molecule has 0 aliphatic carbocycles. The number of carbonyl (C=O) groups excluding carboxylic acids is 2. The molecule has 0 aliphatic rings. The number of benzene rings is 1. The van der Waals surface area contributed by atoms with Crippen LogP contribution in [0.2, 0.25) is 0 Å². The molecule has 0 heterocycles. The molecular formula is C15H23N3O5S. The normalized spacial score (nSPS) is 11.3. The van der Waals surface area contributed by atoms with Crippen molar-refractivity contribution in [3.63, 3.8) is 0 Å². The summed E-state index contributed by atoms with van der Waals surface area (Å²) in [4.78, 5) is 21.5. The largest absolute Gasteiger partial charge is 0.326 e. The molecule has 0 fully saturated rings. The maximum Gasteiger partial charge on any atom is 0.243 e. The predicted molar refractivity (Wildman–Crippen MR) is 89.0 cm³/mol. The van der Waals surface area contributed by atoms with Crippen LogP contribution in [0, 0.1) is 0 Å². The molecule has 2 amide bonds. The highest BCUT2D eigenvalue weighted by atomic mass is 32.2. The molecule has 24 heavy (non-hydrogen) atoms. The SMILES string of the molecule is CCCCN(CCN(O)C=O)S(=O)(=O)c1ccc(NC(C)=O)cc1. The van der Waals surface area contributed by atoms with Gasteiger partial charge in [0.25, 0.3) is 0 Å². The molecule has 0 atom stereocenters. The summed E-state index contributed by atoms with van der Waals surface area (Å²) in [6.07, 6.45) is 1.70. The van der Waals surface area contributed by atoms with Gasteiger partial charge < -0.3 is 5.32 Å². The van der Waals surface area contributed by atoms with Gasteiger partial charge in [-0.25, -0.2) is 13.5 Å². The Labute approximate surface area is 142 Å². The summed E-state index contributed by atoms with van der Waals surface area (Å²) in [6, 6.07) is 5.85. The van der Waals surface area contributed by atoms with Gasteiger partial charge in [-0.05, 0) is 30.7 Å². The number of nitrogens with one attached hydrogen (secondary N) is 1. The smallest absolute Gasteiger partial charge is 0.243 e. The first-order chi connectivity index (χ1) is 11.3. The highest BCUT2D eigenvalue weighted by Crippen LogP contribution is 2.19. The first-order valence-electron chi connectivity index (χ1n) is 7.60. The van der Waals surface area contributed by atoms with Crippen LogP contribution < -0.4 is 5.32 Å². The number of anilines is 1. The monoisotopic (exact) mass is 357 g/mol. The zero-order valence-corrected chi connectivity index (χ0v) is 14.6. The number of hydroxylamine groups is 2. The van der Waals surface area contributed by atoms with Crippen LogP contribution in [0.5, 0.6) is 0 Å². The van der Waals surface area contributed by atoms with E-state index in [1.807, 2.05) is 6.92 Å². The molecule has 0 radical (unpaired) electrons. The second kappa shape index (κ2) is 9.36. The average Bonchev–Trinajstić information content (AvgIpc) is 2.54. The van der Waals surface area contributed by atoms with E-state index in [4.69, 9.17) is 0 Å². The molecule has 0 aliphatic heterocycles. The average molecular weight is 357 g/mol. The molecule has 1 aromatic rings. The fraction of sp³-hybridized carbons (Fsp3) is 0.467. The molecule has 0 spiro atoms. The number of nitrogens with zero attached hydrogens (tertiary/aromatic N) is 2. The van der Waals surface area contributed by atoms with E-state index < -0.39 is 10.0 Å². The Morgan fingerprint density at radius 2 is 1.83 bits per heavy atom. The van der Waals surface area contributed by atoms with Gasteiger partial charge in [0.1, 0.15) is 0 Å². The summed E-state index contributed by atoms with van der Waals surface area (Å²) in [5.41, 5.74) is 0.504. The predicted octanol–water partition coefficient (Wildman–Crippen LogP) is 1.28. The topological polar surface area (TPSA) is 107 Å². The van der Waals surface area contributed by atoms with E-state index in [1.165, 1.54) is 35.5 Å². The lowest BCUT2D eigenvalue weighted by atomic mass is 10.3. The minimum absolute atomic E-state index is 0.00891. The second-order valence-electron chi connectivity index (χ2n) is 5.23. The Morgan fingerprint density at radius 3 is 2.33 bits per heavy atom. The third kappa shape index (κ3) is 5.91. The van der Waals surface area contributed by atoms with Crippen molar-refractivity contribution in [3.8, 4) is 0 Å². The summed E-state index contributed by atoms with van der Waals surface area (Å²) in [7, 11) is -3.76. The van der Waals surface area contributed by atoms with Crippen molar-refractivity contribution in [1.29, 1.82) is 0 Å². The van der Waals surface area contributed by atoms with Crippen LogP contribution in [0.15, 0.2) is 29.2 Å². The summed E-state index contributed by atoms with van der Waals surface area (Å²) in [6.45, 7) is 3.47. The van der Waals surface area contributed by atoms with Crippen LogP contribution in [-0.2, 0) is 19.6 Å². The van der Waals surface area contributed by atoms with Gasteiger partial charge in [0.15, 0.2) is 0 Å². The Balaban J connectivity index is 2.96. The summed E-state index contributed by atoms with van der Waals surface area (Å²) >= 11 is 0. The van der Waals surface area contributed by atoms with Crippen LogP contribution >= 0.6 is 0 Å². The van der Waals surface area contributed by atoms with Gasteiger partial charge in [-0.1, -0.05) is 13.3 Å². The molecule has 0 saturated heterocycles. The van der Waals surface area contributed by atoms with Crippen LogP contribution in [-0.4, -0.2) is 54.9 Å². The fourth-order valence-electron chi connectivity index (χ4n) is 2.02. The fourth-order valence-corrected chi connectivity index (χ4v) is 3.49. The molecule has 9 heteroatoms. The standard InChI is InChI=1S/C15H23N3O5S/c1-3-4-9-18(11-10-17(21)12-19)24(22,23)15-7-5-14(6-8-15)16-13(2)20/h5-8,12,21H,3-4,9-11H2,1-2H3,(H,16,20). The molecule has 0 unspecified atom stereocenters. The lowest BCUT2D eigenvalue weighted by Gasteiger charge is -2.23. The highest BCUT2D eigenvalue weighted by molar-refractivity contribution is 7.89. The van der Waals surface area contributed by atoms with E-state index in [0.29, 0.717) is 23.7 Å². The van der Waals surface area contributed by atoms with E-state index in [-0.39, 0.29) is 30.3 Å². The molecule has 2 N–H and O–H groups in total. The molecule has 0 aromatic heterocycles. The van der Waals surface area contributed by atoms with Crippen molar-refractivity contribution in [2.24, 2.45) is 0 Å². The first-order valence-corrected chi connectivity index (χ1v) is 9.04. The minimum Gasteiger partial charge on any atom is -0.326 e. The lowest BCUT2D eigenvalue weighted by molar-refractivity contribution is -0.149. The summed E-state index contributed by atoms with van der Waals surface area (Å²) in [5.74, 6) is -0.243. The Kier molecular flexibility index (Phi) is 7.83. The number of sulfonamides is 1. The van der Waals surface area contributed by atoms with E-state index >= 15 is 0 Å². The summed E-state index contributed by atoms with van der Waals surface area (Å²) in [5, 5.41) is 12.2. The number of hydrogen-bond acceptors (Lipinski definition) is 5. The third-order valence-electron chi connectivity index (χ3n) is 3.27. The van der Waals surface area contributed by atoms with Crippen LogP contribution in [0.1, 0.15) is 26.7 Å². The lowest BCUT2D eigenvalue weighted by Crippen LogP contribution is -2.38. The molecule has 1 aromatic carbocycles. The van der Waals surface area contributed by atoms with Crippen molar-refractivity contribution >= 4 is 28.0 Å². The maximum atomic E-state index is 12.7. The number of carbonyl (C=O) groups is 2. The molecule has 8 nitrogen and oxygen atoms in total. The van der Waals surface area contributed by atoms with Crippen molar-refractivity contribution < 1.29 is 23.2 Å². The molecule has 134 valence electrons. The Morgan fingerprint density at radius 1 is 1.21 bits per heavy atom.